The van der Waals surface area contributed by atoms with Gasteiger partial charge in [0.2, 0.25) is 5.13 Å². The minimum absolute atomic E-state index is 0.447. The lowest BCUT2D eigenvalue weighted by molar-refractivity contribution is 0.284. The maximum atomic E-state index is 6.13. The molecule has 5 nitrogen and oxygen atoms in total. The van der Waals surface area contributed by atoms with Crippen LogP contribution in [0.3, 0.4) is 0 Å². The number of thiazole rings is 1. The summed E-state index contributed by atoms with van der Waals surface area (Å²) in [5, 5.41) is 7.15. The smallest absolute Gasteiger partial charge is 0.203 e. The fraction of sp³-hybridized carbons (Fsp3) is 0.185. The van der Waals surface area contributed by atoms with Crippen LogP contribution in [-0.2, 0) is 6.61 Å². The summed E-state index contributed by atoms with van der Waals surface area (Å²) in [7, 11) is 1.64. The maximum absolute atomic E-state index is 6.13. The van der Waals surface area contributed by atoms with E-state index >= 15 is 0 Å². The Morgan fingerprint density at radius 1 is 1.00 bits per heavy atom. The first-order valence-electron chi connectivity index (χ1n) is 10.7. The van der Waals surface area contributed by atoms with Gasteiger partial charge in [-0.15, -0.1) is 11.3 Å². The summed E-state index contributed by atoms with van der Waals surface area (Å²) < 4.78 is 11.6. The third-order valence-electron chi connectivity index (χ3n) is 5.37. The van der Waals surface area contributed by atoms with Gasteiger partial charge >= 0.3 is 0 Å². The first-order valence-corrected chi connectivity index (χ1v) is 11.6. The van der Waals surface area contributed by atoms with Gasteiger partial charge in [-0.25, -0.2) is 4.98 Å². The van der Waals surface area contributed by atoms with Gasteiger partial charge in [0.05, 0.1) is 19.0 Å². The Balaban J connectivity index is 1.48. The molecule has 6 heteroatoms. The van der Waals surface area contributed by atoms with E-state index < -0.39 is 0 Å². The highest BCUT2D eigenvalue weighted by Crippen LogP contribution is 2.31. The zero-order valence-electron chi connectivity index (χ0n) is 19.3. The number of hydrazone groups is 1. The predicted octanol–water partition coefficient (Wildman–Crippen LogP) is 6.77. The Morgan fingerprint density at radius 2 is 1.85 bits per heavy atom. The van der Waals surface area contributed by atoms with E-state index in [0.717, 1.165) is 27.5 Å². The number of rotatable bonds is 8. The highest BCUT2D eigenvalue weighted by Gasteiger charge is 2.10. The summed E-state index contributed by atoms with van der Waals surface area (Å²) in [5.74, 6) is 1.32. The fourth-order valence-electron chi connectivity index (χ4n) is 3.42. The molecule has 0 radical (unpaired) electrons. The fourth-order valence-corrected chi connectivity index (χ4v) is 4.09. The molecule has 1 aromatic heterocycles. The van der Waals surface area contributed by atoms with Crippen LogP contribution in [0.25, 0.3) is 11.3 Å². The normalized spacial score (nSPS) is 11.0. The molecule has 1 heterocycles. The van der Waals surface area contributed by atoms with Gasteiger partial charge in [0.15, 0.2) is 11.5 Å². The molecule has 0 atom stereocenters. The third kappa shape index (κ3) is 5.59. The minimum Gasteiger partial charge on any atom is -0.493 e. The Morgan fingerprint density at radius 3 is 2.64 bits per heavy atom. The van der Waals surface area contributed by atoms with Crippen LogP contribution in [0.5, 0.6) is 11.5 Å². The van der Waals surface area contributed by atoms with E-state index in [0.29, 0.717) is 18.1 Å². The topological polar surface area (TPSA) is 55.7 Å². The van der Waals surface area contributed by atoms with Crippen molar-refractivity contribution in [3.63, 3.8) is 0 Å². The van der Waals surface area contributed by atoms with Crippen LogP contribution in [0.4, 0.5) is 5.13 Å². The number of nitrogens with one attached hydrogen (secondary N) is 1. The van der Waals surface area contributed by atoms with Crippen molar-refractivity contribution in [2.75, 3.05) is 12.5 Å². The number of anilines is 1. The molecule has 0 aliphatic carbocycles. The van der Waals surface area contributed by atoms with Gasteiger partial charge in [-0.2, -0.15) is 5.10 Å². The van der Waals surface area contributed by atoms with E-state index in [1.165, 1.54) is 28.0 Å². The quantitative estimate of drug-likeness (QED) is 0.234. The molecule has 168 valence electrons. The Labute approximate surface area is 198 Å². The van der Waals surface area contributed by atoms with Crippen molar-refractivity contribution in [2.24, 2.45) is 5.10 Å². The molecule has 0 bridgehead atoms. The van der Waals surface area contributed by atoms with Crippen LogP contribution >= 0.6 is 11.3 Å². The molecule has 0 aliphatic heterocycles. The third-order valence-corrected chi connectivity index (χ3v) is 6.11. The summed E-state index contributed by atoms with van der Waals surface area (Å²) >= 11 is 1.52. The lowest BCUT2D eigenvalue weighted by atomic mass is 10.1. The van der Waals surface area contributed by atoms with E-state index in [4.69, 9.17) is 9.47 Å². The number of aryl methyl sites for hydroxylation is 3. The zero-order valence-corrected chi connectivity index (χ0v) is 20.1. The Hall–Kier alpha value is -3.64. The van der Waals surface area contributed by atoms with Crippen molar-refractivity contribution in [3.05, 3.63) is 93.9 Å². The van der Waals surface area contributed by atoms with E-state index in [2.05, 4.69) is 66.6 Å². The van der Waals surface area contributed by atoms with Gasteiger partial charge in [-0.05, 0) is 55.7 Å². The second-order valence-corrected chi connectivity index (χ2v) is 8.72. The number of methoxy groups -OCH3 is 1. The molecule has 4 aromatic rings. The van der Waals surface area contributed by atoms with E-state index in [1.54, 1.807) is 13.3 Å². The lowest BCUT2D eigenvalue weighted by Gasteiger charge is -2.13. The van der Waals surface area contributed by atoms with Crippen molar-refractivity contribution < 1.29 is 9.47 Å². The van der Waals surface area contributed by atoms with Crippen molar-refractivity contribution in [3.8, 4) is 22.8 Å². The first-order chi connectivity index (χ1) is 16.0. The van der Waals surface area contributed by atoms with Crippen LogP contribution in [0.1, 0.15) is 27.8 Å². The predicted molar refractivity (Wildman–Crippen MR) is 137 cm³/mol. The van der Waals surface area contributed by atoms with E-state index in [-0.39, 0.29) is 0 Å². The van der Waals surface area contributed by atoms with Gasteiger partial charge in [-0.3, -0.25) is 5.43 Å². The average Bonchev–Trinajstić information content (AvgIpc) is 3.29. The highest BCUT2D eigenvalue weighted by molar-refractivity contribution is 7.14. The van der Waals surface area contributed by atoms with Crippen LogP contribution < -0.4 is 14.9 Å². The largest absolute Gasteiger partial charge is 0.493 e. The number of benzene rings is 3. The molecule has 0 unspecified atom stereocenters. The number of nitrogens with zero attached hydrogens (tertiary/aromatic N) is 2. The van der Waals surface area contributed by atoms with Crippen molar-refractivity contribution in [1.82, 2.24) is 4.98 Å². The molecule has 0 saturated heterocycles. The van der Waals surface area contributed by atoms with Crippen LogP contribution in [0.2, 0.25) is 0 Å². The molecular formula is C27H27N3O2S. The van der Waals surface area contributed by atoms with Crippen LogP contribution in [0, 0.1) is 20.8 Å². The standard InChI is InChI=1S/C27H27N3O2S/c1-18-7-5-8-21(13-18)16-32-26-23(9-6-10-25(26)31-4)15-28-30-27-29-24(17-33-27)22-12-11-19(2)20(3)14-22/h5-15,17H,16H2,1-4H3,(H,29,30)/b28-15-. The summed E-state index contributed by atoms with van der Waals surface area (Å²) in [6, 6.07) is 20.4. The maximum Gasteiger partial charge on any atom is 0.203 e. The Bertz CT molecular complexity index is 1280. The zero-order chi connectivity index (χ0) is 23.2. The molecule has 0 aliphatic rings. The van der Waals surface area contributed by atoms with Gasteiger partial charge in [-0.1, -0.05) is 48.0 Å². The van der Waals surface area contributed by atoms with Crippen molar-refractivity contribution in [1.29, 1.82) is 0 Å². The van der Waals surface area contributed by atoms with Gasteiger partial charge in [0.1, 0.15) is 6.61 Å². The van der Waals surface area contributed by atoms with Crippen molar-refractivity contribution in [2.45, 2.75) is 27.4 Å². The molecule has 0 saturated carbocycles. The lowest BCUT2D eigenvalue weighted by Crippen LogP contribution is -2.01. The number of aromatic nitrogens is 1. The van der Waals surface area contributed by atoms with Gasteiger partial charge in [0, 0.05) is 16.5 Å². The monoisotopic (exact) mass is 457 g/mol. The molecular weight excluding hydrogens is 430 g/mol. The summed E-state index contributed by atoms with van der Waals surface area (Å²) in [6.07, 6.45) is 1.73. The molecule has 4 rings (SSSR count). The number of para-hydroxylation sites is 1. The molecule has 0 fully saturated rings. The summed E-state index contributed by atoms with van der Waals surface area (Å²) in [6.45, 7) is 6.74. The van der Waals surface area contributed by atoms with E-state index in [1.807, 2.05) is 35.7 Å². The second kappa shape index (κ2) is 10.3. The average molecular weight is 458 g/mol. The van der Waals surface area contributed by atoms with Crippen LogP contribution in [-0.4, -0.2) is 18.3 Å². The minimum atomic E-state index is 0.447. The molecule has 1 N–H and O–H groups in total. The molecule has 3 aromatic carbocycles. The Kier molecular flexibility index (Phi) is 7.05. The first kappa shape index (κ1) is 22.6. The van der Waals surface area contributed by atoms with Crippen molar-refractivity contribution >= 4 is 22.7 Å². The SMILES string of the molecule is COc1cccc(/C=N\Nc2nc(-c3ccc(C)c(C)c3)cs2)c1OCc1cccc(C)c1. The number of hydrogen-bond donors (Lipinski definition) is 1. The molecule has 33 heavy (non-hydrogen) atoms. The highest BCUT2D eigenvalue weighted by atomic mass is 32.1. The summed E-state index contributed by atoms with van der Waals surface area (Å²) in [4.78, 5) is 4.66. The second-order valence-electron chi connectivity index (χ2n) is 7.86. The number of hydrogen-bond acceptors (Lipinski definition) is 6. The van der Waals surface area contributed by atoms with E-state index in [9.17, 15) is 0 Å². The summed E-state index contributed by atoms with van der Waals surface area (Å²) in [5.41, 5.74) is 10.7. The van der Waals surface area contributed by atoms with Crippen LogP contribution in [0.15, 0.2) is 71.1 Å². The molecule has 0 spiro atoms. The van der Waals surface area contributed by atoms with Gasteiger partial charge < -0.3 is 9.47 Å². The molecule has 0 amide bonds. The number of ether oxygens (including phenoxy) is 2. The van der Waals surface area contributed by atoms with Gasteiger partial charge in [0.25, 0.3) is 0 Å².